The molecule has 0 aliphatic carbocycles. The highest BCUT2D eigenvalue weighted by atomic mass is 16.1. The molecule has 25 heavy (non-hydrogen) atoms. The van der Waals surface area contributed by atoms with E-state index >= 15 is 0 Å². The predicted octanol–water partition coefficient (Wildman–Crippen LogP) is 5.07. The second-order valence-corrected chi connectivity index (χ2v) is 5.72. The lowest BCUT2D eigenvalue weighted by Gasteiger charge is -2.08. The van der Waals surface area contributed by atoms with E-state index in [2.05, 4.69) is 36.7 Å². The molecule has 0 bridgehead atoms. The number of rotatable bonds is 5. The van der Waals surface area contributed by atoms with E-state index in [1.165, 1.54) is 5.56 Å². The number of hydrogen-bond acceptors (Lipinski definition) is 2. The standard InChI is InChI=1S/C17H21N3O.C4H8/c1-5-12(3)10-13(4)16-18-19-17(21)20(16)15-9-7-8-14(6-2)11-15;1-3-4-2/h7-11H,3,5-6H2,1-2,4H3,(H,19,21);3-4H,1-2H3/b13-10+;4-3+. The zero-order chi connectivity index (χ0) is 18.8. The Balaban J connectivity index is 0.000000705. The maximum Gasteiger partial charge on any atom is 0.348 e. The molecule has 0 spiro atoms. The minimum Gasteiger partial charge on any atom is -0.246 e. The van der Waals surface area contributed by atoms with Gasteiger partial charge in [-0.25, -0.2) is 14.5 Å². The first-order valence-corrected chi connectivity index (χ1v) is 8.68. The lowest BCUT2D eigenvalue weighted by Crippen LogP contribution is -2.16. The van der Waals surface area contributed by atoms with Crippen LogP contribution < -0.4 is 5.69 Å². The minimum atomic E-state index is -0.229. The maximum atomic E-state index is 12.1. The molecule has 0 unspecified atom stereocenters. The van der Waals surface area contributed by atoms with E-state index in [4.69, 9.17) is 0 Å². The summed E-state index contributed by atoms with van der Waals surface area (Å²) in [6.45, 7) is 14.1. The second-order valence-electron chi connectivity index (χ2n) is 5.72. The van der Waals surface area contributed by atoms with Crippen LogP contribution in [0.25, 0.3) is 11.3 Å². The van der Waals surface area contributed by atoms with Crippen molar-refractivity contribution in [3.63, 3.8) is 0 Å². The lowest BCUT2D eigenvalue weighted by molar-refractivity contribution is 0.964. The average Bonchev–Trinajstić information content (AvgIpc) is 3.03. The van der Waals surface area contributed by atoms with Crippen molar-refractivity contribution in [2.75, 3.05) is 0 Å². The quantitative estimate of drug-likeness (QED) is 0.610. The number of nitrogens with zero attached hydrogens (tertiary/aromatic N) is 2. The Hall–Kier alpha value is -2.62. The van der Waals surface area contributed by atoms with E-state index in [-0.39, 0.29) is 5.69 Å². The molecule has 2 rings (SSSR count). The van der Waals surface area contributed by atoms with Gasteiger partial charge in [0.15, 0.2) is 5.82 Å². The lowest BCUT2D eigenvalue weighted by atomic mass is 10.1. The molecule has 0 aliphatic heterocycles. The molecule has 1 N–H and O–H groups in total. The number of benzene rings is 1. The molecule has 0 atom stereocenters. The van der Waals surface area contributed by atoms with E-state index < -0.39 is 0 Å². The van der Waals surface area contributed by atoms with Crippen molar-refractivity contribution in [2.24, 2.45) is 0 Å². The first kappa shape index (κ1) is 20.4. The highest BCUT2D eigenvalue weighted by molar-refractivity contribution is 5.62. The summed E-state index contributed by atoms with van der Waals surface area (Å²) in [7, 11) is 0. The summed E-state index contributed by atoms with van der Waals surface area (Å²) in [5, 5.41) is 6.68. The van der Waals surface area contributed by atoms with Gasteiger partial charge in [0.05, 0.1) is 5.69 Å². The van der Waals surface area contributed by atoms with Gasteiger partial charge in [-0.3, -0.25) is 0 Å². The second kappa shape index (κ2) is 10.3. The van der Waals surface area contributed by atoms with Crippen LogP contribution in [0.2, 0.25) is 0 Å². The summed E-state index contributed by atoms with van der Waals surface area (Å²) in [5.74, 6) is 0.628. The average molecular weight is 339 g/mol. The van der Waals surface area contributed by atoms with Crippen LogP contribution in [0.15, 0.2) is 59.4 Å². The highest BCUT2D eigenvalue weighted by Gasteiger charge is 2.12. The van der Waals surface area contributed by atoms with E-state index in [0.717, 1.165) is 29.7 Å². The Bertz CT molecular complexity index is 803. The topological polar surface area (TPSA) is 50.7 Å². The Kier molecular flexibility index (Phi) is 8.40. The molecule has 0 saturated carbocycles. The van der Waals surface area contributed by atoms with Crippen LogP contribution in [0.1, 0.15) is 52.4 Å². The number of aryl methyl sites for hydroxylation is 1. The van der Waals surface area contributed by atoms with E-state index in [9.17, 15) is 4.79 Å². The van der Waals surface area contributed by atoms with Gasteiger partial charge in [0.2, 0.25) is 0 Å². The number of allylic oxidation sites excluding steroid dienone is 5. The van der Waals surface area contributed by atoms with Crippen molar-refractivity contribution in [3.05, 3.63) is 76.5 Å². The fraction of sp³-hybridized carbons (Fsp3) is 0.333. The van der Waals surface area contributed by atoms with Gasteiger partial charge in [0.1, 0.15) is 0 Å². The molecule has 0 fully saturated rings. The van der Waals surface area contributed by atoms with Gasteiger partial charge in [0, 0.05) is 0 Å². The molecule has 4 heteroatoms. The minimum absolute atomic E-state index is 0.229. The zero-order valence-electron chi connectivity index (χ0n) is 16.0. The van der Waals surface area contributed by atoms with Crippen molar-refractivity contribution in [3.8, 4) is 5.69 Å². The van der Waals surface area contributed by atoms with Crippen LogP contribution in [0, 0.1) is 0 Å². The number of aromatic nitrogens is 3. The van der Waals surface area contributed by atoms with Crippen molar-refractivity contribution in [2.45, 2.75) is 47.5 Å². The van der Waals surface area contributed by atoms with Gasteiger partial charge >= 0.3 is 5.69 Å². The summed E-state index contributed by atoms with van der Waals surface area (Å²) in [5.41, 5.74) is 3.72. The maximum absolute atomic E-state index is 12.1. The summed E-state index contributed by atoms with van der Waals surface area (Å²) in [6, 6.07) is 7.95. The molecule has 0 amide bonds. The van der Waals surface area contributed by atoms with Crippen LogP contribution in [-0.2, 0) is 6.42 Å². The first-order chi connectivity index (χ1) is 12.0. The third-order valence-corrected chi connectivity index (χ3v) is 3.81. The molecular formula is C21H29N3O. The van der Waals surface area contributed by atoms with Crippen LogP contribution in [0.4, 0.5) is 0 Å². The Labute approximate surface area is 150 Å². The van der Waals surface area contributed by atoms with Gasteiger partial charge in [-0.05, 0) is 56.9 Å². The Morgan fingerprint density at radius 2 is 1.96 bits per heavy atom. The monoisotopic (exact) mass is 339 g/mol. The Morgan fingerprint density at radius 1 is 1.28 bits per heavy atom. The predicted molar refractivity (Wildman–Crippen MR) is 107 cm³/mol. The van der Waals surface area contributed by atoms with E-state index in [1.54, 1.807) is 4.57 Å². The van der Waals surface area contributed by atoms with Crippen LogP contribution >= 0.6 is 0 Å². The summed E-state index contributed by atoms with van der Waals surface area (Å²) in [4.78, 5) is 12.1. The van der Waals surface area contributed by atoms with E-state index in [0.29, 0.717) is 5.82 Å². The van der Waals surface area contributed by atoms with Gasteiger partial charge < -0.3 is 0 Å². The molecule has 1 heterocycles. The number of H-pyrrole nitrogens is 1. The van der Waals surface area contributed by atoms with Crippen molar-refractivity contribution < 1.29 is 0 Å². The molecule has 4 nitrogen and oxygen atoms in total. The molecular weight excluding hydrogens is 310 g/mol. The van der Waals surface area contributed by atoms with Crippen LogP contribution in [0.5, 0.6) is 0 Å². The van der Waals surface area contributed by atoms with Gasteiger partial charge in [0.25, 0.3) is 0 Å². The van der Waals surface area contributed by atoms with Crippen LogP contribution in [-0.4, -0.2) is 14.8 Å². The molecule has 1 aromatic carbocycles. The van der Waals surface area contributed by atoms with Gasteiger partial charge in [-0.15, -0.1) is 0 Å². The van der Waals surface area contributed by atoms with Crippen molar-refractivity contribution in [1.29, 1.82) is 0 Å². The summed E-state index contributed by atoms with van der Waals surface area (Å²) >= 11 is 0. The first-order valence-electron chi connectivity index (χ1n) is 8.68. The van der Waals surface area contributed by atoms with Crippen LogP contribution in [0.3, 0.4) is 0 Å². The number of aromatic amines is 1. The molecule has 2 aromatic rings. The fourth-order valence-corrected chi connectivity index (χ4v) is 2.19. The molecule has 0 saturated heterocycles. The fourth-order valence-electron chi connectivity index (χ4n) is 2.19. The molecule has 134 valence electrons. The smallest absolute Gasteiger partial charge is 0.246 e. The largest absolute Gasteiger partial charge is 0.348 e. The van der Waals surface area contributed by atoms with Crippen molar-refractivity contribution in [1.82, 2.24) is 14.8 Å². The Morgan fingerprint density at radius 3 is 2.52 bits per heavy atom. The third kappa shape index (κ3) is 5.75. The van der Waals surface area contributed by atoms with Gasteiger partial charge in [-0.2, -0.15) is 5.10 Å². The molecule has 0 radical (unpaired) electrons. The van der Waals surface area contributed by atoms with Crippen molar-refractivity contribution >= 4 is 5.57 Å². The number of hydrogen-bond donors (Lipinski definition) is 1. The normalized spacial score (nSPS) is 11.3. The summed E-state index contributed by atoms with van der Waals surface area (Å²) in [6.07, 6.45) is 7.77. The third-order valence-electron chi connectivity index (χ3n) is 3.81. The molecule has 0 aliphatic rings. The zero-order valence-corrected chi connectivity index (χ0v) is 16.0. The SMILES string of the molecule is C/C=C/C.C=C(/C=C(\C)c1n[nH]c(=O)n1-c1cccc(CC)c1)CC. The number of nitrogens with one attached hydrogen (secondary N) is 1. The van der Waals surface area contributed by atoms with Gasteiger partial charge in [-0.1, -0.05) is 56.4 Å². The molecule has 1 aromatic heterocycles. The summed E-state index contributed by atoms with van der Waals surface area (Å²) < 4.78 is 1.61. The van der Waals surface area contributed by atoms with E-state index in [1.807, 2.05) is 57.2 Å². The highest BCUT2D eigenvalue weighted by Crippen LogP contribution is 2.17.